The van der Waals surface area contributed by atoms with Crippen LogP contribution < -0.4 is 11.1 Å². The zero-order valence-corrected chi connectivity index (χ0v) is 23.9. The summed E-state index contributed by atoms with van der Waals surface area (Å²) < 4.78 is 0. The van der Waals surface area contributed by atoms with Crippen molar-refractivity contribution in [3.8, 4) is 0 Å². The highest BCUT2D eigenvalue weighted by Gasteiger charge is 2.39. The summed E-state index contributed by atoms with van der Waals surface area (Å²) in [5.41, 5.74) is 9.68. The number of benzene rings is 1. The molecule has 212 valence electrons. The minimum absolute atomic E-state index is 0.0241. The van der Waals surface area contributed by atoms with Crippen LogP contribution in [0, 0.1) is 5.41 Å². The van der Waals surface area contributed by atoms with Gasteiger partial charge in [0, 0.05) is 67.7 Å². The molecular formula is C30H40N8O2. The molecule has 3 aliphatic rings. The third-order valence-electron chi connectivity index (χ3n) is 8.02. The lowest BCUT2D eigenvalue weighted by atomic mass is 9.85. The topological polar surface area (TPSA) is 110 Å². The van der Waals surface area contributed by atoms with E-state index in [4.69, 9.17) is 5.73 Å². The molecule has 2 saturated heterocycles. The van der Waals surface area contributed by atoms with Crippen molar-refractivity contribution in [1.29, 1.82) is 0 Å². The summed E-state index contributed by atoms with van der Waals surface area (Å²) in [7, 11) is 4.01. The number of carbonyl (C=O) groups is 2. The second kappa shape index (κ2) is 11.3. The molecule has 4 heterocycles. The number of aromatic nitrogens is 1. The van der Waals surface area contributed by atoms with Gasteiger partial charge in [0.2, 0.25) is 0 Å². The first-order chi connectivity index (χ1) is 19.1. The maximum Gasteiger partial charge on any atom is 0.320 e. The van der Waals surface area contributed by atoms with Crippen molar-refractivity contribution >= 4 is 35.0 Å². The predicted octanol–water partition coefficient (Wildman–Crippen LogP) is 3.47. The quantitative estimate of drug-likeness (QED) is 0.441. The number of urea groups is 1. The Labute approximate surface area is 236 Å². The minimum Gasteiger partial charge on any atom is -0.369 e. The zero-order chi connectivity index (χ0) is 28.4. The molecule has 0 saturated carbocycles. The monoisotopic (exact) mass is 544 g/mol. The highest BCUT2D eigenvalue weighted by molar-refractivity contribution is 5.97. The number of amides is 3. The summed E-state index contributed by atoms with van der Waals surface area (Å²) in [6.07, 6.45) is 5.71. The number of guanidine groups is 1. The van der Waals surface area contributed by atoms with Crippen molar-refractivity contribution in [1.82, 2.24) is 24.6 Å². The van der Waals surface area contributed by atoms with Crippen molar-refractivity contribution in [3.05, 3.63) is 59.8 Å². The summed E-state index contributed by atoms with van der Waals surface area (Å²) in [5, 5.41) is 3.10. The second-order valence-corrected chi connectivity index (χ2v) is 11.9. The fourth-order valence-corrected chi connectivity index (χ4v) is 5.69. The number of nitrogens with one attached hydrogen (secondary N) is 1. The molecule has 10 nitrogen and oxygen atoms in total. The molecule has 0 aliphatic carbocycles. The van der Waals surface area contributed by atoms with E-state index in [1.54, 1.807) is 6.20 Å². The van der Waals surface area contributed by atoms with Crippen LogP contribution in [0.3, 0.4) is 0 Å². The van der Waals surface area contributed by atoms with E-state index in [1.807, 2.05) is 58.1 Å². The molecule has 0 unspecified atom stereocenters. The van der Waals surface area contributed by atoms with Crippen molar-refractivity contribution in [3.63, 3.8) is 0 Å². The Morgan fingerprint density at radius 3 is 2.48 bits per heavy atom. The summed E-state index contributed by atoms with van der Waals surface area (Å²) >= 11 is 0. The Bertz CT molecular complexity index is 1300. The molecule has 1 aromatic carbocycles. The van der Waals surface area contributed by atoms with Gasteiger partial charge >= 0.3 is 6.03 Å². The number of nitrogens with zero attached hydrogens (tertiary/aromatic N) is 6. The number of anilines is 1. The minimum atomic E-state index is 0.0241. The molecule has 2 fully saturated rings. The van der Waals surface area contributed by atoms with Crippen LogP contribution in [0.5, 0.6) is 0 Å². The number of pyridine rings is 1. The number of likely N-dealkylation sites (tertiary alicyclic amines) is 2. The van der Waals surface area contributed by atoms with Gasteiger partial charge in [-0.3, -0.25) is 4.79 Å². The van der Waals surface area contributed by atoms with E-state index in [1.165, 1.54) is 0 Å². The molecule has 40 heavy (non-hydrogen) atoms. The van der Waals surface area contributed by atoms with E-state index in [0.717, 1.165) is 55.8 Å². The first-order valence-corrected chi connectivity index (χ1v) is 13.9. The molecule has 3 amide bonds. The van der Waals surface area contributed by atoms with Gasteiger partial charge in [0.1, 0.15) is 0 Å². The van der Waals surface area contributed by atoms with Crippen molar-refractivity contribution in [2.24, 2.45) is 16.1 Å². The first-order valence-electron chi connectivity index (χ1n) is 13.9. The normalized spacial score (nSPS) is 19.7. The molecule has 1 aromatic heterocycles. The molecular weight excluding hydrogens is 504 g/mol. The Morgan fingerprint density at radius 1 is 1.10 bits per heavy atom. The van der Waals surface area contributed by atoms with Gasteiger partial charge < -0.3 is 30.7 Å². The van der Waals surface area contributed by atoms with Gasteiger partial charge in [-0.15, -0.1) is 0 Å². The van der Waals surface area contributed by atoms with Crippen molar-refractivity contribution in [2.75, 3.05) is 58.7 Å². The molecule has 0 spiro atoms. The van der Waals surface area contributed by atoms with Gasteiger partial charge in [-0.25, -0.2) is 9.78 Å². The van der Waals surface area contributed by atoms with Crippen LogP contribution in [-0.2, 0) is 0 Å². The van der Waals surface area contributed by atoms with E-state index in [2.05, 4.69) is 47.2 Å². The highest BCUT2D eigenvalue weighted by Crippen LogP contribution is 2.32. The number of hydrogen-bond acceptors (Lipinski definition) is 5. The van der Waals surface area contributed by atoms with Crippen LogP contribution in [0.4, 0.5) is 16.3 Å². The first kappa shape index (κ1) is 27.6. The fraction of sp³-hybridized carbons (Fsp3) is 0.467. The third kappa shape index (κ3) is 6.12. The number of rotatable bonds is 5. The third-order valence-corrected chi connectivity index (χ3v) is 8.02. The summed E-state index contributed by atoms with van der Waals surface area (Å²) in [6, 6.07) is 11.4. The Kier molecular flexibility index (Phi) is 7.80. The van der Waals surface area contributed by atoms with E-state index >= 15 is 0 Å². The lowest BCUT2D eigenvalue weighted by Crippen LogP contribution is -2.58. The summed E-state index contributed by atoms with van der Waals surface area (Å²) in [4.78, 5) is 42.8. The van der Waals surface area contributed by atoms with Crippen LogP contribution in [0.15, 0.2) is 53.7 Å². The van der Waals surface area contributed by atoms with Crippen LogP contribution in [0.25, 0.3) is 5.57 Å². The van der Waals surface area contributed by atoms with Gasteiger partial charge in [0.15, 0.2) is 11.8 Å². The van der Waals surface area contributed by atoms with Gasteiger partial charge in [0.05, 0.1) is 0 Å². The van der Waals surface area contributed by atoms with Crippen molar-refractivity contribution in [2.45, 2.75) is 32.7 Å². The Hall–Kier alpha value is -3.92. The van der Waals surface area contributed by atoms with Gasteiger partial charge in [0.25, 0.3) is 5.91 Å². The van der Waals surface area contributed by atoms with Gasteiger partial charge in [-0.2, -0.15) is 4.99 Å². The number of piperidine rings is 1. The van der Waals surface area contributed by atoms with E-state index in [9.17, 15) is 9.59 Å². The van der Waals surface area contributed by atoms with Crippen LogP contribution in [0.1, 0.15) is 42.6 Å². The van der Waals surface area contributed by atoms with E-state index in [-0.39, 0.29) is 29.4 Å². The maximum atomic E-state index is 13.0. The lowest BCUT2D eigenvalue weighted by Gasteiger charge is -2.47. The van der Waals surface area contributed by atoms with Crippen LogP contribution in [0.2, 0.25) is 0 Å². The van der Waals surface area contributed by atoms with Gasteiger partial charge in [-0.1, -0.05) is 19.9 Å². The van der Waals surface area contributed by atoms with Crippen molar-refractivity contribution < 1.29 is 9.59 Å². The molecule has 5 rings (SSSR count). The number of aliphatic imine (C=N–C) groups is 1. The SMILES string of the molecule is CN1CCC(N(C)C(=O)c2ccc(N/C(N)=N/c3ncccc3C3=CCN(C(=O)N4CC(C)(C)C4)C3)cc2)CC1. The fourth-order valence-electron chi connectivity index (χ4n) is 5.69. The van der Waals surface area contributed by atoms with E-state index < -0.39 is 0 Å². The number of carbonyl (C=O) groups excluding carboxylic acids is 2. The average Bonchev–Trinajstić information content (AvgIpc) is 3.42. The predicted molar refractivity (Wildman–Crippen MR) is 158 cm³/mol. The van der Waals surface area contributed by atoms with Crippen LogP contribution >= 0.6 is 0 Å². The average molecular weight is 545 g/mol. The molecule has 0 bridgehead atoms. The Morgan fingerprint density at radius 2 is 1.80 bits per heavy atom. The standard InChI is InChI=1S/C30H40N8O2/c1-30(2)19-38(20-30)29(40)37-17-11-22(18-37)25-6-5-14-32-26(25)34-28(31)33-23-9-7-21(8-10-23)27(39)36(4)24-12-15-35(3)16-13-24/h5-11,14,24H,12-13,15-20H2,1-4H3,(H3,31,32,33,34). The molecule has 3 aliphatic heterocycles. The zero-order valence-electron chi connectivity index (χ0n) is 23.9. The highest BCUT2D eigenvalue weighted by atomic mass is 16.2. The number of nitrogens with two attached hydrogens (primary N) is 1. The summed E-state index contributed by atoms with van der Waals surface area (Å²) in [5.74, 6) is 0.706. The van der Waals surface area contributed by atoms with E-state index in [0.29, 0.717) is 24.5 Å². The molecule has 2 aromatic rings. The second-order valence-electron chi connectivity index (χ2n) is 11.9. The van der Waals surface area contributed by atoms with Gasteiger partial charge in [-0.05, 0) is 75.0 Å². The summed E-state index contributed by atoms with van der Waals surface area (Å²) in [6.45, 7) is 9.00. The molecule has 0 atom stereocenters. The molecule has 3 N–H and O–H groups in total. The van der Waals surface area contributed by atoms with Crippen LogP contribution in [-0.4, -0.2) is 102 Å². The molecule has 0 radical (unpaired) electrons. The Balaban J connectivity index is 1.20. The smallest absolute Gasteiger partial charge is 0.320 e. The largest absolute Gasteiger partial charge is 0.369 e. The lowest BCUT2D eigenvalue weighted by molar-refractivity contribution is 0.0467. The molecule has 10 heteroatoms. The number of hydrogen-bond donors (Lipinski definition) is 2. The maximum absolute atomic E-state index is 13.0.